The molecule has 0 aliphatic carbocycles. The first-order valence-electron chi connectivity index (χ1n) is 9.43. The lowest BCUT2D eigenvalue weighted by molar-refractivity contribution is -0.385. The Morgan fingerprint density at radius 1 is 1.48 bits per heavy atom. The Morgan fingerprint density at radius 3 is 2.85 bits per heavy atom. The Balaban J connectivity index is 1.45. The van der Waals surface area contributed by atoms with E-state index in [1.807, 2.05) is 0 Å². The van der Waals surface area contributed by atoms with Crippen LogP contribution in [0.1, 0.15) is 13.0 Å². The summed E-state index contributed by atoms with van der Waals surface area (Å²) in [6.45, 7) is 1.49. The Hall–Kier alpha value is -3.47. The summed E-state index contributed by atoms with van der Waals surface area (Å²) in [4.78, 5) is 48.7. The van der Waals surface area contributed by atoms with Crippen LogP contribution < -0.4 is 5.32 Å². The van der Waals surface area contributed by atoms with Crippen molar-refractivity contribution in [3.8, 4) is 0 Å². The van der Waals surface area contributed by atoms with Crippen molar-refractivity contribution in [2.45, 2.75) is 29.5 Å². The quantitative estimate of drug-likeness (QED) is 0.205. The van der Waals surface area contributed by atoms with Crippen LogP contribution in [0.25, 0.3) is 0 Å². The lowest BCUT2D eigenvalue weighted by Gasteiger charge is -2.49. The second-order valence-corrected chi connectivity index (χ2v) is 9.19. The molecule has 2 amide bonds. The predicted molar refractivity (Wildman–Crippen MR) is 113 cm³/mol. The number of β-lactam (4-membered cyclic amide) rings is 1. The van der Waals surface area contributed by atoms with Crippen molar-refractivity contribution in [1.82, 2.24) is 40.2 Å². The van der Waals surface area contributed by atoms with E-state index in [9.17, 15) is 29.6 Å². The second kappa shape index (κ2) is 8.81. The summed E-state index contributed by atoms with van der Waals surface area (Å²) in [6, 6.07) is -1.82. The molecule has 0 saturated carbocycles. The fourth-order valence-corrected chi connectivity index (χ4v) is 5.65. The molecule has 2 aromatic heterocycles. The minimum Gasteiger partial charge on any atom is -0.477 e. The van der Waals surface area contributed by atoms with Gasteiger partial charge in [-0.2, -0.15) is 5.10 Å². The topological polar surface area (TPSA) is 191 Å². The van der Waals surface area contributed by atoms with Gasteiger partial charge in [-0.1, -0.05) is 11.8 Å². The molecule has 2 aliphatic heterocycles. The lowest BCUT2D eigenvalue weighted by Crippen LogP contribution is -2.71. The van der Waals surface area contributed by atoms with E-state index in [-0.39, 0.29) is 17.1 Å². The van der Waals surface area contributed by atoms with Gasteiger partial charge in [-0.3, -0.25) is 29.3 Å². The van der Waals surface area contributed by atoms with E-state index in [4.69, 9.17) is 0 Å². The smallest absolute Gasteiger partial charge is 0.352 e. The van der Waals surface area contributed by atoms with E-state index in [0.717, 1.165) is 17.1 Å². The molecule has 174 valence electrons. The predicted octanol–water partition coefficient (Wildman–Crippen LogP) is -0.593. The lowest BCUT2D eigenvalue weighted by atomic mass is 10.0. The molecule has 2 N–H and O–H groups in total. The van der Waals surface area contributed by atoms with Gasteiger partial charge in [0.2, 0.25) is 11.1 Å². The van der Waals surface area contributed by atoms with Crippen LogP contribution >= 0.6 is 23.5 Å². The highest BCUT2D eigenvalue weighted by Gasteiger charge is 2.54. The molecule has 0 spiro atoms. The highest BCUT2D eigenvalue weighted by atomic mass is 32.2. The fraction of sp³-hybridized carbons (Fsp3) is 0.438. The number of carbonyl (C=O) groups is 3. The number of nitro groups is 1. The maximum atomic E-state index is 12.8. The van der Waals surface area contributed by atoms with Crippen LogP contribution in [0.3, 0.4) is 0 Å². The molecule has 4 rings (SSSR count). The maximum Gasteiger partial charge on any atom is 0.352 e. The number of carbonyl (C=O) groups excluding carboxylic acids is 2. The number of rotatable bonds is 8. The van der Waals surface area contributed by atoms with Crippen LogP contribution in [-0.2, 0) is 21.4 Å². The van der Waals surface area contributed by atoms with E-state index in [0.29, 0.717) is 16.5 Å². The molecular formula is C16H17N9O6S2. The van der Waals surface area contributed by atoms with Crippen molar-refractivity contribution in [1.29, 1.82) is 0 Å². The third-order valence-electron chi connectivity index (χ3n) is 5.08. The Morgan fingerprint density at radius 2 is 2.24 bits per heavy atom. The number of tetrazole rings is 1. The van der Waals surface area contributed by atoms with Crippen LogP contribution in [0, 0.1) is 10.1 Å². The third kappa shape index (κ3) is 4.15. The molecule has 4 heterocycles. The van der Waals surface area contributed by atoms with E-state index in [2.05, 4.69) is 25.9 Å². The minimum atomic E-state index is -1.23. The number of hydrogen-bond acceptors (Lipinski definition) is 11. The van der Waals surface area contributed by atoms with Crippen LogP contribution in [0.4, 0.5) is 5.69 Å². The average Bonchev–Trinajstić information content (AvgIpc) is 3.43. The molecule has 3 atom stereocenters. The number of nitrogens with zero attached hydrogens (tertiary/aromatic N) is 8. The maximum absolute atomic E-state index is 12.8. The monoisotopic (exact) mass is 495 g/mol. The van der Waals surface area contributed by atoms with Gasteiger partial charge in [0.15, 0.2) is 0 Å². The van der Waals surface area contributed by atoms with Gasteiger partial charge in [-0.05, 0) is 22.9 Å². The SMILES string of the molecule is C[C@@H](C(=O)N[C@@H]1C(=O)N2C(C(=O)O)=C(CSc3nnnn3C)CS[C@H]12)n1cc([N+](=O)[O-])cn1. The summed E-state index contributed by atoms with van der Waals surface area (Å²) in [7, 11) is 1.66. The summed E-state index contributed by atoms with van der Waals surface area (Å²) >= 11 is 2.59. The zero-order valence-electron chi connectivity index (χ0n) is 17.2. The Kier molecular flexibility index (Phi) is 6.07. The summed E-state index contributed by atoms with van der Waals surface area (Å²) in [6.07, 6.45) is 2.15. The Bertz CT molecular complexity index is 1180. The first-order valence-corrected chi connectivity index (χ1v) is 11.5. The van der Waals surface area contributed by atoms with Crippen molar-refractivity contribution in [3.63, 3.8) is 0 Å². The largest absolute Gasteiger partial charge is 0.477 e. The molecule has 33 heavy (non-hydrogen) atoms. The van der Waals surface area contributed by atoms with Gasteiger partial charge >= 0.3 is 11.7 Å². The van der Waals surface area contributed by atoms with Gasteiger partial charge in [-0.15, -0.1) is 16.9 Å². The number of hydrogen-bond donors (Lipinski definition) is 2. The third-order valence-corrected chi connectivity index (χ3v) is 7.52. The van der Waals surface area contributed by atoms with Crippen molar-refractivity contribution in [3.05, 3.63) is 33.8 Å². The molecular weight excluding hydrogens is 478 g/mol. The number of amides is 2. The van der Waals surface area contributed by atoms with Crippen molar-refractivity contribution < 1.29 is 24.4 Å². The molecule has 15 nitrogen and oxygen atoms in total. The molecule has 0 radical (unpaired) electrons. The van der Waals surface area contributed by atoms with E-state index < -0.39 is 40.2 Å². The molecule has 2 aromatic rings. The van der Waals surface area contributed by atoms with Crippen molar-refractivity contribution in [2.75, 3.05) is 11.5 Å². The van der Waals surface area contributed by atoms with E-state index >= 15 is 0 Å². The van der Waals surface area contributed by atoms with Gasteiger partial charge in [0, 0.05) is 18.6 Å². The van der Waals surface area contributed by atoms with Crippen LogP contribution in [-0.4, -0.2) is 85.6 Å². The molecule has 17 heteroatoms. The highest BCUT2D eigenvalue weighted by molar-refractivity contribution is 8.01. The molecule has 1 fully saturated rings. The summed E-state index contributed by atoms with van der Waals surface area (Å²) in [5.74, 6) is -1.71. The summed E-state index contributed by atoms with van der Waals surface area (Å²) < 4.78 is 2.59. The summed E-state index contributed by atoms with van der Waals surface area (Å²) in [5.41, 5.74) is 0.182. The average molecular weight is 496 g/mol. The second-order valence-electron chi connectivity index (χ2n) is 7.14. The molecule has 0 unspecified atom stereocenters. The van der Waals surface area contributed by atoms with Gasteiger partial charge in [0.05, 0.1) is 4.92 Å². The normalized spacial score (nSPS) is 20.8. The molecule has 0 aromatic carbocycles. The molecule has 0 bridgehead atoms. The number of aryl methyl sites for hydroxylation is 1. The first-order chi connectivity index (χ1) is 15.7. The molecule has 1 saturated heterocycles. The number of aliphatic carboxylic acids is 1. The van der Waals surface area contributed by atoms with E-state index in [1.165, 1.54) is 40.0 Å². The number of carboxylic acids is 1. The van der Waals surface area contributed by atoms with Crippen LogP contribution in [0.15, 0.2) is 28.8 Å². The number of fused-ring (bicyclic) bond motifs is 1. The number of nitrogens with one attached hydrogen (secondary N) is 1. The zero-order valence-corrected chi connectivity index (χ0v) is 18.8. The van der Waals surface area contributed by atoms with Crippen molar-refractivity contribution >= 4 is 47.0 Å². The van der Waals surface area contributed by atoms with E-state index in [1.54, 1.807) is 7.05 Å². The highest BCUT2D eigenvalue weighted by Crippen LogP contribution is 2.41. The van der Waals surface area contributed by atoms with Crippen LogP contribution in [0.5, 0.6) is 0 Å². The number of thioether (sulfide) groups is 2. The number of carboxylic acid groups (broad SMARTS) is 1. The first kappa shape index (κ1) is 22.7. The number of aromatic nitrogens is 6. The molecule has 2 aliphatic rings. The van der Waals surface area contributed by atoms with Gasteiger partial charge < -0.3 is 10.4 Å². The minimum absolute atomic E-state index is 0.104. The zero-order chi connectivity index (χ0) is 23.9. The van der Waals surface area contributed by atoms with Crippen LogP contribution in [0.2, 0.25) is 0 Å². The fourth-order valence-electron chi connectivity index (χ4n) is 3.32. The summed E-state index contributed by atoms with van der Waals surface area (Å²) in [5, 5.41) is 38.0. The van der Waals surface area contributed by atoms with Crippen molar-refractivity contribution in [2.24, 2.45) is 7.05 Å². The standard InChI is InChI=1S/C16H17N9O6S2/c1-7(23-4-9(3-17-23)25(30)31)12(26)18-10-13(27)24-11(15(28)29)8(5-32-14(10)24)6-33-16-19-20-21-22(16)2/h3-4,7,10,14H,5-6H2,1-2H3,(H,18,26)(H,28,29)/t7-,10+,14+/m0/s1. The van der Waals surface area contributed by atoms with Gasteiger partial charge in [0.1, 0.15) is 35.5 Å². The van der Waals surface area contributed by atoms with Gasteiger partial charge in [0.25, 0.3) is 5.91 Å². The Labute approximate surface area is 193 Å². The van der Waals surface area contributed by atoms with Gasteiger partial charge in [-0.25, -0.2) is 9.48 Å².